The van der Waals surface area contributed by atoms with Gasteiger partial charge in [-0.05, 0) is 30.3 Å². The Balaban J connectivity index is 2.09. The number of primary amides is 1. The summed E-state index contributed by atoms with van der Waals surface area (Å²) >= 11 is 6.11. The molecule has 1 aromatic carbocycles. The number of amides is 2. The second-order valence-corrected chi connectivity index (χ2v) is 5.41. The maximum absolute atomic E-state index is 11.4. The van der Waals surface area contributed by atoms with Gasteiger partial charge in [0.15, 0.2) is 5.69 Å². The van der Waals surface area contributed by atoms with E-state index >= 15 is 0 Å². The summed E-state index contributed by atoms with van der Waals surface area (Å²) in [6, 6.07) is 6.70. The highest BCUT2D eigenvalue weighted by Gasteiger charge is 2.13. The molecular formula is C16H12ClN5O2. The highest BCUT2D eigenvalue weighted by atomic mass is 35.5. The Morgan fingerprint density at radius 3 is 2.79 bits per heavy atom. The van der Waals surface area contributed by atoms with Gasteiger partial charge >= 0.3 is 0 Å². The molecule has 0 aliphatic heterocycles. The highest BCUT2D eigenvalue weighted by molar-refractivity contribution is 6.31. The van der Waals surface area contributed by atoms with Crippen molar-refractivity contribution in [3.8, 4) is 11.3 Å². The van der Waals surface area contributed by atoms with Crippen molar-refractivity contribution in [3.05, 3.63) is 53.8 Å². The van der Waals surface area contributed by atoms with E-state index in [4.69, 9.17) is 17.3 Å². The van der Waals surface area contributed by atoms with E-state index in [1.807, 2.05) is 0 Å². The van der Waals surface area contributed by atoms with Crippen molar-refractivity contribution in [1.82, 2.24) is 15.2 Å². The molecule has 7 nitrogen and oxygen atoms in total. The molecule has 0 aliphatic carbocycles. The van der Waals surface area contributed by atoms with Crippen molar-refractivity contribution in [2.75, 3.05) is 5.32 Å². The van der Waals surface area contributed by atoms with E-state index in [1.54, 1.807) is 30.5 Å². The third kappa shape index (κ3) is 2.97. The van der Waals surface area contributed by atoms with Gasteiger partial charge in [-0.3, -0.25) is 19.7 Å². The largest absolute Gasteiger partial charge is 0.364 e. The minimum atomic E-state index is -0.636. The number of benzene rings is 1. The predicted octanol–water partition coefficient (Wildman–Crippen LogP) is 2.50. The normalized spacial score (nSPS) is 10.5. The van der Waals surface area contributed by atoms with Gasteiger partial charge in [0.2, 0.25) is 5.91 Å². The Labute approximate surface area is 141 Å². The van der Waals surface area contributed by atoms with E-state index < -0.39 is 5.91 Å². The Morgan fingerprint density at radius 2 is 2.08 bits per heavy atom. The van der Waals surface area contributed by atoms with Crippen LogP contribution in [0, 0.1) is 0 Å². The number of nitrogens with two attached hydrogens (primary N) is 1. The number of hydrogen-bond acceptors (Lipinski definition) is 4. The summed E-state index contributed by atoms with van der Waals surface area (Å²) in [5.74, 6) is -0.985. The van der Waals surface area contributed by atoms with Crippen molar-refractivity contribution in [2.24, 2.45) is 5.73 Å². The minimum absolute atomic E-state index is 0.135. The maximum Gasteiger partial charge on any atom is 0.269 e. The lowest BCUT2D eigenvalue weighted by Gasteiger charge is -2.07. The number of pyridine rings is 1. The molecule has 8 heteroatoms. The van der Waals surface area contributed by atoms with E-state index in [1.165, 1.54) is 0 Å². The molecule has 0 saturated carbocycles. The zero-order valence-corrected chi connectivity index (χ0v) is 13.1. The molecule has 0 unspecified atom stereocenters. The third-order valence-corrected chi connectivity index (χ3v) is 3.55. The molecule has 2 heterocycles. The van der Waals surface area contributed by atoms with Crippen LogP contribution in [-0.4, -0.2) is 27.0 Å². The van der Waals surface area contributed by atoms with Crippen LogP contribution in [-0.2, 0) is 4.79 Å². The van der Waals surface area contributed by atoms with Crippen molar-refractivity contribution in [2.45, 2.75) is 0 Å². The first-order chi connectivity index (χ1) is 11.5. The standard InChI is InChI=1S/C16H12ClN5O2/c1-2-14(23)20-10-4-8(3-9(17)5-10)12-6-11-13(7-19-12)21-22-15(11)16(18)24/h2-7H,1H2,(H2,18,24)(H,20,23)(H,21,22). The summed E-state index contributed by atoms with van der Waals surface area (Å²) in [5, 5.41) is 10.2. The average Bonchev–Trinajstić information content (AvgIpc) is 2.97. The molecule has 24 heavy (non-hydrogen) atoms. The summed E-state index contributed by atoms with van der Waals surface area (Å²) in [7, 11) is 0. The molecule has 0 spiro atoms. The number of carbonyl (C=O) groups excluding carboxylic acids is 2. The number of carbonyl (C=O) groups is 2. The van der Waals surface area contributed by atoms with Gasteiger partial charge in [0.1, 0.15) is 0 Å². The molecule has 0 radical (unpaired) electrons. The number of rotatable bonds is 4. The quantitative estimate of drug-likeness (QED) is 0.632. The van der Waals surface area contributed by atoms with Gasteiger partial charge < -0.3 is 11.1 Å². The maximum atomic E-state index is 11.4. The molecule has 0 bridgehead atoms. The number of nitrogens with zero attached hydrogens (tertiary/aromatic N) is 2. The SMILES string of the molecule is C=CC(=O)Nc1cc(Cl)cc(-c2cc3c(C(N)=O)n[nH]c3cn2)c1. The molecule has 0 atom stereocenters. The first kappa shape index (κ1) is 15.7. The average molecular weight is 342 g/mol. The first-order valence-corrected chi connectivity index (χ1v) is 7.24. The van der Waals surface area contributed by atoms with E-state index in [0.717, 1.165) is 6.08 Å². The van der Waals surface area contributed by atoms with Crippen LogP contribution in [0.15, 0.2) is 43.1 Å². The highest BCUT2D eigenvalue weighted by Crippen LogP contribution is 2.28. The first-order valence-electron chi connectivity index (χ1n) is 6.86. The fraction of sp³-hybridized carbons (Fsp3) is 0. The fourth-order valence-electron chi connectivity index (χ4n) is 2.27. The Hall–Kier alpha value is -3.19. The zero-order valence-electron chi connectivity index (χ0n) is 12.3. The van der Waals surface area contributed by atoms with Crippen LogP contribution in [0.25, 0.3) is 22.2 Å². The molecule has 0 aliphatic rings. The number of H-pyrrole nitrogens is 1. The van der Waals surface area contributed by atoms with Crippen LogP contribution in [0.5, 0.6) is 0 Å². The Morgan fingerprint density at radius 1 is 1.29 bits per heavy atom. The lowest BCUT2D eigenvalue weighted by Crippen LogP contribution is -2.11. The molecule has 4 N–H and O–H groups in total. The molecular weight excluding hydrogens is 330 g/mol. The van der Waals surface area contributed by atoms with E-state index in [0.29, 0.717) is 32.9 Å². The molecule has 0 fully saturated rings. The third-order valence-electron chi connectivity index (χ3n) is 3.33. The van der Waals surface area contributed by atoms with Crippen LogP contribution in [0.3, 0.4) is 0 Å². The van der Waals surface area contributed by atoms with E-state index in [9.17, 15) is 9.59 Å². The number of anilines is 1. The second-order valence-electron chi connectivity index (χ2n) is 4.97. The van der Waals surface area contributed by atoms with Crippen LogP contribution >= 0.6 is 11.6 Å². The Kier molecular flexibility index (Phi) is 4.01. The number of nitrogens with one attached hydrogen (secondary N) is 2. The van der Waals surface area contributed by atoms with Crippen LogP contribution < -0.4 is 11.1 Å². The number of aromatic nitrogens is 3. The van der Waals surface area contributed by atoms with Gasteiger partial charge in [0.05, 0.1) is 17.4 Å². The van der Waals surface area contributed by atoms with Crippen molar-refractivity contribution in [3.63, 3.8) is 0 Å². The minimum Gasteiger partial charge on any atom is -0.364 e. The number of halogens is 1. The number of fused-ring (bicyclic) bond motifs is 1. The molecule has 3 aromatic rings. The molecule has 3 rings (SSSR count). The molecule has 120 valence electrons. The smallest absolute Gasteiger partial charge is 0.269 e. The fourth-order valence-corrected chi connectivity index (χ4v) is 2.50. The predicted molar refractivity (Wildman–Crippen MR) is 91.7 cm³/mol. The van der Waals surface area contributed by atoms with E-state index in [2.05, 4.69) is 27.1 Å². The van der Waals surface area contributed by atoms with Gasteiger partial charge in [-0.25, -0.2) is 0 Å². The summed E-state index contributed by atoms with van der Waals surface area (Å²) in [4.78, 5) is 27.2. The van der Waals surface area contributed by atoms with Crippen LogP contribution in [0.2, 0.25) is 5.02 Å². The number of hydrogen-bond donors (Lipinski definition) is 3. The topological polar surface area (TPSA) is 114 Å². The second kappa shape index (κ2) is 6.13. The molecule has 0 saturated heterocycles. The Bertz CT molecular complexity index is 980. The van der Waals surface area contributed by atoms with Gasteiger partial charge in [-0.2, -0.15) is 5.10 Å². The summed E-state index contributed by atoms with van der Waals surface area (Å²) in [6.45, 7) is 3.40. The van der Waals surface area contributed by atoms with Gasteiger partial charge in [-0.1, -0.05) is 18.2 Å². The molecule has 2 aromatic heterocycles. The lowest BCUT2D eigenvalue weighted by atomic mass is 10.1. The van der Waals surface area contributed by atoms with Crippen LogP contribution in [0.1, 0.15) is 10.5 Å². The lowest BCUT2D eigenvalue weighted by molar-refractivity contribution is -0.111. The van der Waals surface area contributed by atoms with Gasteiger partial charge in [0, 0.05) is 21.7 Å². The van der Waals surface area contributed by atoms with Crippen LogP contribution in [0.4, 0.5) is 5.69 Å². The summed E-state index contributed by atoms with van der Waals surface area (Å²) in [5.41, 5.74) is 7.77. The van der Waals surface area contributed by atoms with E-state index in [-0.39, 0.29) is 11.6 Å². The van der Waals surface area contributed by atoms with Crippen molar-refractivity contribution in [1.29, 1.82) is 0 Å². The van der Waals surface area contributed by atoms with Gasteiger partial charge in [0.25, 0.3) is 5.91 Å². The van der Waals surface area contributed by atoms with Crippen molar-refractivity contribution >= 4 is 40.0 Å². The number of aromatic amines is 1. The molecule has 2 amide bonds. The zero-order chi connectivity index (χ0) is 17.3. The summed E-state index contributed by atoms with van der Waals surface area (Å²) < 4.78 is 0. The monoisotopic (exact) mass is 341 g/mol. The summed E-state index contributed by atoms with van der Waals surface area (Å²) in [6.07, 6.45) is 2.71. The van der Waals surface area contributed by atoms with Crippen molar-refractivity contribution < 1.29 is 9.59 Å². The van der Waals surface area contributed by atoms with Gasteiger partial charge in [-0.15, -0.1) is 0 Å².